The van der Waals surface area contributed by atoms with Crippen LogP contribution in [0.15, 0.2) is 41.4 Å². The van der Waals surface area contributed by atoms with E-state index in [1.54, 1.807) is 18.3 Å². The summed E-state index contributed by atoms with van der Waals surface area (Å²) in [5.41, 5.74) is 1.62. The van der Waals surface area contributed by atoms with Crippen LogP contribution in [0.2, 0.25) is 0 Å². The maximum absolute atomic E-state index is 12.7. The number of halogens is 3. The van der Waals surface area contributed by atoms with E-state index in [1.165, 1.54) is 12.1 Å². The van der Waals surface area contributed by atoms with Crippen molar-refractivity contribution < 1.29 is 9.50 Å². The molecule has 2 nitrogen and oxygen atoms in total. The standard InChI is InChI=1S/C14H10FI2NO/c15-11-3-1-9(2-4-11)7-18-8-10-5-12(16)6-13(17)14(10)19/h1-6,8,19H,7H2/b18-8+. The van der Waals surface area contributed by atoms with Crippen LogP contribution < -0.4 is 0 Å². The minimum Gasteiger partial charge on any atom is -0.506 e. The molecule has 0 aliphatic rings. The summed E-state index contributed by atoms with van der Waals surface area (Å²) < 4.78 is 14.6. The number of nitrogens with zero attached hydrogens (tertiary/aromatic N) is 1. The fraction of sp³-hybridized carbons (Fsp3) is 0.0714. The first kappa shape index (κ1) is 14.7. The van der Waals surface area contributed by atoms with Gasteiger partial charge in [-0.3, -0.25) is 4.99 Å². The molecule has 0 atom stereocenters. The maximum atomic E-state index is 12.7. The van der Waals surface area contributed by atoms with E-state index in [-0.39, 0.29) is 11.6 Å². The highest BCUT2D eigenvalue weighted by atomic mass is 127. The largest absolute Gasteiger partial charge is 0.506 e. The summed E-state index contributed by atoms with van der Waals surface area (Å²) >= 11 is 4.28. The zero-order chi connectivity index (χ0) is 13.8. The van der Waals surface area contributed by atoms with E-state index in [4.69, 9.17) is 0 Å². The van der Waals surface area contributed by atoms with Crippen LogP contribution in [0, 0.1) is 13.0 Å². The Bertz CT molecular complexity index is 612. The van der Waals surface area contributed by atoms with Crippen LogP contribution in [0.3, 0.4) is 0 Å². The fourth-order valence-electron chi connectivity index (χ4n) is 1.52. The van der Waals surface area contributed by atoms with Gasteiger partial charge in [-0.1, -0.05) is 12.1 Å². The first-order chi connectivity index (χ1) is 9.06. The van der Waals surface area contributed by atoms with Crippen LogP contribution >= 0.6 is 45.2 Å². The lowest BCUT2D eigenvalue weighted by molar-refractivity contribution is 0.470. The molecular weight excluding hydrogens is 471 g/mol. The Labute approximate surface area is 138 Å². The van der Waals surface area contributed by atoms with Gasteiger partial charge in [0.1, 0.15) is 11.6 Å². The monoisotopic (exact) mass is 481 g/mol. The van der Waals surface area contributed by atoms with Gasteiger partial charge < -0.3 is 5.11 Å². The molecule has 2 rings (SSSR count). The molecule has 0 fully saturated rings. The average molecular weight is 481 g/mol. The van der Waals surface area contributed by atoms with Gasteiger partial charge in [0.2, 0.25) is 0 Å². The van der Waals surface area contributed by atoms with Crippen LogP contribution in [0.25, 0.3) is 0 Å². The summed E-state index contributed by atoms with van der Waals surface area (Å²) in [4.78, 5) is 4.27. The average Bonchev–Trinajstić information content (AvgIpc) is 2.37. The normalized spacial score (nSPS) is 11.1. The minimum atomic E-state index is -0.252. The Kier molecular flexibility index (Phi) is 5.14. The third-order valence-electron chi connectivity index (χ3n) is 2.48. The molecule has 0 aromatic heterocycles. The molecule has 0 aliphatic heterocycles. The smallest absolute Gasteiger partial charge is 0.137 e. The topological polar surface area (TPSA) is 32.6 Å². The molecule has 0 radical (unpaired) electrons. The number of rotatable bonds is 3. The zero-order valence-electron chi connectivity index (χ0n) is 9.78. The number of aromatic hydroxyl groups is 1. The van der Waals surface area contributed by atoms with E-state index in [1.807, 2.05) is 12.1 Å². The van der Waals surface area contributed by atoms with Gasteiger partial charge in [0.15, 0.2) is 0 Å². The Morgan fingerprint density at radius 2 is 1.84 bits per heavy atom. The SMILES string of the molecule is Oc1c(I)cc(I)cc1/C=N/Cc1ccc(F)cc1. The van der Waals surface area contributed by atoms with Gasteiger partial charge in [-0.15, -0.1) is 0 Å². The number of hydrogen-bond donors (Lipinski definition) is 1. The third-order valence-corrected chi connectivity index (χ3v) is 3.92. The molecule has 2 aromatic carbocycles. The molecule has 0 unspecified atom stereocenters. The third kappa shape index (κ3) is 4.13. The van der Waals surface area contributed by atoms with E-state index >= 15 is 0 Å². The Morgan fingerprint density at radius 1 is 1.16 bits per heavy atom. The Balaban J connectivity index is 2.13. The number of phenols is 1. The summed E-state index contributed by atoms with van der Waals surface area (Å²) in [5, 5.41) is 9.90. The van der Waals surface area contributed by atoms with Gasteiger partial charge in [0.05, 0.1) is 10.1 Å². The Hall–Kier alpha value is -0.700. The van der Waals surface area contributed by atoms with Crippen molar-refractivity contribution in [2.24, 2.45) is 4.99 Å². The van der Waals surface area contributed by atoms with E-state index in [9.17, 15) is 9.50 Å². The van der Waals surface area contributed by atoms with Gasteiger partial charge in [-0.2, -0.15) is 0 Å². The van der Waals surface area contributed by atoms with Crippen molar-refractivity contribution in [2.75, 3.05) is 0 Å². The molecule has 0 spiro atoms. The second-order valence-corrected chi connectivity index (χ2v) is 6.33. The highest BCUT2D eigenvalue weighted by Crippen LogP contribution is 2.25. The minimum absolute atomic E-state index is 0.240. The summed E-state index contributed by atoms with van der Waals surface area (Å²) in [7, 11) is 0. The van der Waals surface area contributed by atoms with E-state index in [0.717, 1.165) is 12.7 Å². The molecule has 5 heteroatoms. The van der Waals surface area contributed by atoms with Gasteiger partial charge >= 0.3 is 0 Å². The number of phenolic OH excluding ortho intramolecular Hbond substituents is 1. The maximum Gasteiger partial charge on any atom is 0.137 e. The van der Waals surface area contributed by atoms with Crippen molar-refractivity contribution in [3.63, 3.8) is 0 Å². The summed E-state index contributed by atoms with van der Waals surface area (Å²) in [6.45, 7) is 0.460. The molecule has 19 heavy (non-hydrogen) atoms. The molecule has 0 aliphatic carbocycles. The number of hydrogen-bond acceptors (Lipinski definition) is 2. The Morgan fingerprint density at radius 3 is 2.53 bits per heavy atom. The van der Waals surface area contributed by atoms with Crippen LogP contribution in [0.4, 0.5) is 4.39 Å². The van der Waals surface area contributed by atoms with Gasteiger partial charge in [0, 0.05) is 15.3 Å². The summed E-state index contributed by atoms with van der Waals surface area (Å²) in [6, 6.07) is 9.99. The van der Waals surface area contributed by atoms with Crippen molar-refractivity contribution in [1.82, 2.24) is 0 Å². The summed E-state index contributed by atoms with van der Waals surface area (Å²) in [6.07, 6.45) is 1.64. The van der Waals surface area contributed by atoms with E-state index in [2.05, 4.69) is 50.2 Å². The molecule has 0 bridgehead atoms. The summed E-state index contributed by atoms with van der Waals surface area (Å²) in [5.74, 6) is -0.0126. The molecular formula is C14H10FI2NO. The van der Waals surface area contributed by atoms with Crippen LogP contribution in [0.1, 0.15) is 11.1 Å². The fourth-order valence-corrected chi connectivity index (χ4v) is 3.41. The lowest BCUT2D eigenvalue weighted by Gasteiger charge is -2.03. The van der Waals surface area contributed by atoms with Crippen molar-refractivity contribution >= 4 is 51.4 Å². The predicted molar refractivity (Wildman–Crippen MR) is 91.2 cm³/mol. The van der Waals surface area contributed by atoms with E-state index < -0.39 is 0 Å². The molecule has 0 heterocycles. The second-order valence-electron chi connectivity index (χ2n) is 3.92. The lowest BCUT2D eigenvalue weighted by Crippen LogP contribution is -1.89. The highest BCUT2D eigenvalue weighted by Gasteiger charge is 2.04. The molecule has 0 amide bonds. The van der Waals surface area contributed by atoms with Crippen LogP contribution in [-0.4, -0.2) is 11.3 Å². The molecule has 98 valence electrons. The van der Waals surface area contributed by atoms with Gasteiger partial charge in [0.25, 0.3) is 0 Å². The highest BCUT2D eigenvalue weighted by molar-refractivity contribution is 14.1. The molecule has 2 aromatic rings. The van der Waals surface area contributed by atoms with Crippen LogP contribution in [0.5, 0.6) is 5.75 Å². The van der Waals surface area contributed by atoms with Crippen molar-refractivity contribution in [1.29, 1.82) is 0 Å². The van der Waals surface area contributed by atoms with Crippen molar-refractivity contribution in [2.45, 2.75) is 6.54 Å². The number of aliphatic imine (C=N–C) groups is 1. The van der Waals surface area contributed by atoms with Gasteiger partial charge in [-0.05, 0) is 75.0 Å². The first-order valence-corrected chi connectivity index (χ1v) is 7.64. The van der Waals surface area contributed by atoms with E-state index in [0.29, 0.717) is 12.1 Å². The van der Waals surface area contributed by atoms with Crippen molar-refractivity contribution in [3.05, 3.63) is 60.5 Å². The molecule has 0 saturated heterocycles. The zero-order valence-corrected chi connectivity index (χ0v) is 14.1. The molecule has 0 saturated carbocycles. The number of benzene rings is 2. The quantitative estimate of drug-likeness (QED) is 0.514. The van der Waals surface area contributed by atoms with Crippen molar-refractivity contribution in [3.8, 4) is 5.75 Å². The second kappa shape index (κ2) is 6.65. The van der Waals surface area contributed by atoms with Crippen LogP contribution in [-0.2, 0) is 6.54 Å². The van der Waals surface area contributed by atoms with Gasteiger partial charge in [-0.25, -0.2) is 4.39 Å². The lowest BCUT2D eigenvalue weighted by atomic mass is 10.2. The predicted octanol–water partition coefficient (Wildman–Crippen LogP) is 4.36. The first-order valence-electron chi connectivity index (χ1n) is 5.48. The molecule has 1 N–H and O–H groups in total.